The molecule has 0 aliphatic heterocycles. The van der Waals surface area contributed by atoms with Crippen molar-refractivity contribution in [2.24, 2.45) is 0 Å². The fourth-order valence-electron chi connectivity index (χ4n) is 2.98. The number of carbonyl (C=O) groups is 1. The molecule has 28 heavy (non-hydrogen) atoms. The third kappa shape index (κ3) is 3.66. The van der Waals surface area contributed by atoms with Crippen molar-refractivity contribution in [2.75, 3.05) is 14.2 Å². The van der Waals surface area contributed by atoms with Crippen LogP contribution in [0.4, 0.5) is 0 Å². The lowest BCUT2D eigenvalue weighted by Gasteiger charge is -2.15. The molecule has 148 valence electrons. The first-order chi connectivity index (χ1) is 13.4. The molecule has 1 atom stereocenters. The third-order valence-corrected chi connectivity index (χ3v) is 6.84. The summed E-state index contributed by atoms with van der Waals surface area (Å²) in [6.07, 6.45) is 0.840. The number of rotatable bonds is 6. The number of nitrogens with zero attached hydrogens (tertiary/aromatic N) is 2. The van der Waals surface area contributed by atoms with Gasteiger partial charge in [-0.3, -0.25) is 14.2 Å². The van der Waals surface area contributed by atoms with Crippen LogP contribution in [-0.2, 0) is 16.0 Å². The number of aryl methyl sites for hydroxylation is 2. The number of thioether (sulfide) groups is 1. The zero-order valence-corrected chi connectivity index (χ0v) is 18.1. The van der Waals surface area contributed by atoms with Crippen LogP contribution in [0.15, 0.2) is 34.2 Å². The number of fused-ring (bicyclic) bond motifs is 1. The van der Waals surface area contributed by atoms with E-state index in [2.05, 4.69) is 6.92 Å². The fourth-order valence-corrected chi connectivity index (χ4v) is 5.09. The number of ether oxygens (including phenoxy) is 2. The number of thiophene rings is 1. The first-order valence-electron chi connectivity index (χ1n) is 8.85. The Hall–Kier alpha value is -2.32. The molecule has 8 heteroatoms. The molecule has 1 unspecified atom stereocenters. The zero-order chi connectivity index (χ0) is 20.4. The number of carbonyl (C=O) groups excluding carboxylic acids is 1. The Kier molecular flexibility index (Phi) is 6.10. The number of hydrogen-bond donors (Lipinski definition) is 0. The van der Waals surface area contributed by atoms with Gasteiger partial charge in [-0.1, -0.05) is 24.8 Å². The molecular weight excluding hydrogens is 396 g/mol. The summed E-state index contributed by atoms with van der Waals surface area (Å²) in [4.78, 5) is 32.0. The van der Waals surface area contributed by atoms with Crippen LogP contribution in [-0.4, -0.2) is 35.0 Å². The maximum Gasteiger partial charge on any atom is 0.318 e. The monoisotopic (exact) mass is 418 g/mol. The second-order valence-electron chi connectivity index (χ2n) is 6.20. The van der Waals surface area contributed by atoms with Crippen LogP contribution in [0.1, 0.15) is 24.3 Å². The molecular formula is C20H22N2O4S2. The van der Waals surface area contributed by atoms with E-state index < -0.39 is 5.25 Å². The minimum Gasteiger partial charge on any atom is -0.497 e. The highest BCUT2D eigenvalue weighted by atomic mass is 32.2. The summed E-state index contributed by atoms with van der Waals surface area (Å²) in [5.41, 5.74) is 1.46. The average Bonchev–Trinajstić information content (AvgIpc) is 3.03. The lowest BCUT2D eigenvalue weighted by Crippen LogP contribution is -2.24. The molecule has 0 fully saturated rings. The maximum atomic E-state index is 13.5. The maximum absolute atomic E-state index is 13.5. The predicted molar refractivity (Wildman–Crippen MR) is 113 cm³/mol. The Labute approximate surface area is 171 Å². The fraction of sp³-hybridized carbons (Fsp3) is 0.350. The largest absolute Gasteiger partial charge is 0.497 e. The normalized spacial score (nSPS) is 12.2. The molecule has 0 saturated carbocycles. The van der Waals surface area contributed by atoms with Crippen molar-refractivity contribution in [1.82, 2.24) is 9.55 Å². The first kappa shape index (κ1) is 20.4. The lowest BCUT2D eigenvalue weighted by molar-refractivity contribution is -0.139. The highest BCUT2D eigenvalue weighted by Crippen LogP contribution is 2.32. The van der Waals surface area contributed by atoms with E-state index in [1.54, 1.807) is 24.7 Å². The van der Waals surface area contributed by atoms with Gasteiger partial charge in [-0.25, -0.2) is 4.98 Å². The Morgan fingerprint density at radius 3 is 2.75 bits per heavy atom. The van der Waals surface area contributed by atoms with Crippen molar-refractivity contribution in [2.45, 2.75) is 37.6 Å². The molecule has 0 aliphatic rings. The van der Waals surface area contributed by atoms with Crippen LogP contribution in [0.3, 0.4) is 0 Å². The zero-order valence-electron chi connectivity index (χ0n) is 16.4. The van der Waals surface area contributed by atoms with Crippen molar-refractivity contribution in [3.05, 3.63) is 45.1 Å². The van der Waals surface area contributed by atoms with E-state index in [1.165, 1.54) is 30.2 Å². The third-order valence-electron chi connectivity index (χ3n) is 4.48. The van der Waals surface area contributed by atoms with Crippen LogP contribution in [0.25, 0.3) is 15.9 Å². The average molecular weight is 419 g/mol. The molecule has 6 nitrogen and oxygen atoms in total. The Bertz CT molecular complexity index is 1090. The molecule has 0 saturated heterocycles. The summed E-state index contributed by atoms with van der Waals surface area (Å²) in [6.45, 7) is 5.76. The number of esters is 1. The molecule has 2 aromatic heterocycles. The van der Waals surface area contributed by atoms with Crippen LogP contribution in [0, 0.1) is 6.92 Å². The smallest absolute Gasteiger partial charge is 0.318 e. The van der Waals surface area contributed by atoms with Gasteiger partial charge < -0.3 is 9.47 Å². The quantitative estimate of drug-likeness (QED) is 0.343. The topological polar surface area (TPSA) is 70.4 Å². The number of aromatic nitrogens is 2. The van der Waals surface area contributed by atoms with Crippen LogP contribution >= 0.6 is 23.1 Å². The molecule has 0 spiro atoms. The van der Waals surface area contributed by atoms with Gasteiger partial charge in [0.1, 0.15) is 15.8 Å². The summed E-state index contributed by atoms with van der Waals surface area (Å²) in [7, 11) is 2.93. The predicted octanol–water partition coefficient (Wildman–Crippen LogP) is 3.98. The Morgan fingerprint density at radius 1 is 1.36 bits per heavy atom. The van der Waals surface area contributed by atoms with E-state index in [1.807, 2.05) is 25.1 Å². The molecule has 0 bridgehead atoms. The summed E-state index contributed by atoms with van der Waals surface area (Å²) in [6, 6.07) is 7.24. The second kappa shape index (κ2) is 8.36. The van der Waals surface area contributed by atoms with E-state index in [0.717, 1.165) is 16.9 Å². The molecule has 0 radical (unpaired) electrons. The number of methoxy groups -OCH3 is 2. The van der Waals surface area contributed by atoms with Crippen molar-refractivity contribution < 1.29 is 14.3 Å². The van der Waals surface area contributed by atoms with Gasteiger partial charge in [0, 0.05) is 10.9 Å². The van der Waals surface area contributed by atoms with Gasteiger partial charge in [-0.2, -0.15) is 0 Å². The summed E-state index contributed by atoms with van der Waals surface area (Å²) in [5, 5.41) is 0.574. The number of hydrogen-bond acceptors (Lipinski definition) is 7. The van der Waals surface area contributed by atoms with Crippen molar-refractivity contribution in [1.29, 1.82) is 0 Å². The van der Waals surface area contributed by atoms with E-state index >= 15 is 0 Å². The van der Waals surface area contributed by atoms with Gasteiger partial charge in [0.15, 0.2) is 5.16 Å². The van der Waals surface area contributed by atoms with Crippen molar-refractivity contribution in [3.63, 3.8) is 0 Å². The standard InChI is InChI=1S/C20H22N2O4S2/c1-6-15-11(2)16-17(28-15)21-20(27-12(3)19(24)26-5)22(18(16)23)13-8-7-9-14(10-13)25-4/h7-10,12H,6H2,1-5H3. The van der Waals surface area contributed by atoms with E-state index in [-0.39, 0.29) is 11.5 Å². The van der Waals surface area contributed by atoms with Gasteiger partial charge in [-0.15, -0.1) is 11.3 Å². The molecule has 3 aromatic rings. The molecule has 0 aliphatic carbocycles. The molecule has 2 heterocycles. The molecule has 3 rings (SSSR count). The molecule has 0 amide bonds. The van der Waals surface area contributed by atoms with Gasteiger partial charge in [0.2, 0.25) is 0 Å². The van der Waals surface area contributed by atoms with Crippen LogP contribution in [0.5, 0.6) is 5.75 Å². The minimum atomic E-state index is -0.502. The van der Waals surface area contributed by atoms with Gasteiger partial charge >= 0.3 is 5.97 Å². The van der Waals surface area contributed by atoms with Crippen molar-refractivity contribution in [3.8, 4) is 11.4 Å². The van der Waals surface area contributed by atoms with E-state index in [0.29, 0.717) is 26.8 Å². The van der Waals surface area contributed by atoms with Gasteiger partial charge in [0.05, 0.1) is 25.3 Å². The number of benzene rings is 1. The highest BCUT2D eigenvalue weighted by Gasteiger charge is 2.23. The second-order valence-corrected chi connectivity index (χ2v) is 8.60. The van der Waals surface area contributed by atoms with Gasteiger partial charge in [-0.05, 0) is 38.0 Å². The van der Waals surface area contributed by atoms with Gasteiger partial charge in [0.25, 0.3) is 5.56 Å². The summed E-state index contributed by atoms with van der Waals surface area (Å²) < 4.78 is 11.7. The minimum absolute atomic E-state index is 0.147. The van der Waals surface area contributed by atoms with Crippen molar-refractivity contribution >= 4 is 39.3 Å². The van der Waals surface area contributed by atoms with E-state index in [4.69, 9.17) is 14.5 Å². The summed E-state index contributed by atoms with van der Waals surface area (Å²) in [5.74, 6) is 0.269. The molecule has 1 aromatic carbocycles. The van der Waals surface area contributed by atoms with Crippen LogP contribution < -0.4 is 10.3 Å². The SMILES string of the molecule is CCc1sc2nc(SC(C)C(=O)OC)n(-c3cccc(OC)c3)c(=O)c2c1C. The Balaban J connectivity index is 2.29. The highest BCUT2D eigenvalue weighted by molar-refractivity contribution is 8.00. The Morgan fingerprint density at radius 2 is 2.11 bits per heavy atom. The van der Waals surface area contributed by atoms with E-state index in [9.17, 15) is 9.59 Å². The summed E-state index contributed by atoms with van der Waals surface area (Å²) >= 11 is 2.73. The lowest BCUT2D eigenvalue weighted by atomic mass is 10.2. The van der Waals surface area contributed by atoms with Crippen LogP contribution in [0.2, 0.25) is 0 Å². The molecule has 0 N–H and O–H groups in total. The first-order valence-corrected chi connectivity index (χ1v) is 10.5.